The maximum Gasteiger partial charge on any atom is 0.197 e. The minimum Gasteiger partial charge on any atom is -0.343 e. The zero-order chi connectivity index (χ0) is 18.3. The minimum atomic E-state index is -0.366. The minimum absolute atomic E-state index is 0.135. The number of hydrogen-bond acceptors (Lipinski definition) is 1. The third kappa shape index (κ3) is 2.60. The molecule has 0 spiro atoms. The summed E-state index contributed by atoms with van der Waals surface area (Å²) in [5.41, 5.74) is 3.12. The second-order valence-corrected chi connectivity index (χ2v) is 6.14. The van der Waals surface area contributed by atoms with E-state index >= 15 is 0 Å². The van der Waals surface area contributed by atoms with Crippen LogP contribution in [0.15, 0.2) is 77.6 Å². The van der Waals surface area contributed by atoms with Crippen molar-refractivity contribution in [1.29, 1.82) is 0 Å². The number of hydrogen-bond donors (Lipinski definition) is 0. The Labute approximate surface area is 149 Å². The highest BCUT2D eigenvalue weighted by Crippen LogP contribution is 2.32. The molecule has 0 aliphatic rings. The van der Waals surface area contributed by atoms with Gasteiger partial charge in [0.15, 0.2) is 5.43 Å². The molecule has 0 saturated heterocycles. The first kappa shape index (κ1) is 16.2. The lowest BCUT2D eigenvalue weighted by Gasteiger charge is -2.18. The fraction of sp³-hybridized carbons (Fsp3) is 0.0455. The molecule has 0 radical (unpaired) electrons. The normalized spacial score (nSPS) is 11.0. The maximum absolute atomic E-state index is 13.4. The van der Waals surface area contributed by atoms with Crippen molar-refractivity contribution in [2.45, 2.75) is 0 Å². The molecule has 4 heteroatoms. The molecule has 4 rings (SSSR count). The number of halogens is 2. The summed E-state index contributed by atoms with van der Waals surface area (Å²) < 4.78 is 28.7. The Bertz CT molecular complexity index is 1160. The van der Waals surface area contributed by atoms with E-state index in [9.17, 15) is 13.6 Å². The molecule has 2 nitrogen and oxygen atoms in total. The zero-order valence-electron chi connectivity index (χ0n) is 14.0. The second kappa shape index (κ2) is 6.23. The lowest BCUT2D eigenvalue weighted by atomic mass is 9.96. The van der Waals surface area contributed by atoms with E-state index in [1.807, 2.05) is 29.8 Å². The number of para-hydroxylation sites is 1. The highest BCUT2D eigenvalue weighted by molar-refractivity contribution is 5.92. The van der Waals surface area contributed by atoms with Gasteiger partial charge in [-0.25, -0.2) is 8.78 Å². The molecule has 0 fully saturated rings. The molecule has 0 saturated carbocycles. The standard InChI is InChI=1S/C22H15F2NO/c1-25-19-5-3-2-4-18(19)22(26)20(14-6-10-16(23)11-7-14)21(25)15-8-12-17(24)13-9-15/h2-13H,1H3. The number of aryl methyl sites for hydroxylation is 1. The van der Waals surface area contributed by atoms with Gasteiger partial charge in [-0.15, -0.1) is 0 Å². The van der Waals surface area contributed by atoms with Crippen molar-refractivity contribution in [2.75, 3.05) is 0 Å². The number of pyridine rings is 1. The van der Waals surface area contributed by atoms with Crippen LogP contribution in [0.3, 0.4) is 0 Å². The average Bonchev–Trinajstić information content (AvgIpc) is 2.66. The topological polar surface area (TPSA) is 22.0 Å². The summed E-state index contributed by atoms with van der Waals surface area (Å²) in [5.74, 6) is -0.711. The summed E-state index contributed by atoms with van der Waals surface area (Å²) >= 11 is 0. The smallest absolute Gasteiger partial charge is 0.197 e. The van der Waals surface area contributed by atoms with Crippen molar-refractivity contribution in [3.8, 4) is 22.4 Å². The van der Waals surface area contributed by atoms with Gasteiger partial charge in [0, 0.05) is 12.4 Å². The molecule has 0 amide bonds. The van der Waals surface area contributed by atoms with Crippen LogP contribution in [0.5, 0.6) is 0 Å². The Hall–Kier alpha value is -3.27. The van der Waals surface area contributed by atoms with E-state index in [0.717, 1.165) is 11.1 Å². The lowest BCUT2D eigenvalue weighted by molar-refractivity contribution is 0.627. The summed E-state index contributed by atoms with van der Waals surface area (Å²) in [6.45, 7) is 0. The van der Waals surface area contributed by atoms with Gasteiger partial charge in [-0.1, -0.05) is 24.3 Å². The maximum atomic E-state index is 13.4. The molecule has 4 aromatic rings. The molecule has 0 bridgehead atoms. The predicted octanol–water partition coefficient (Wildman–Crippen LogP) is 5.15. The first-order valence-corrected chi connectivity index (χ1v) is 8.20. The van der Waals surface area contributed by atoms with Crippen LogP contribution >= 0.6 is 0 Å². The summed E-state index contributed by atoms with van der Waals surface area (Å²) in [5, 5.41) is 0.584. The van der Waals surface area contributed by atoms with Gasteiger partial charge in [0.05, 0.1) is 16.8 Å². The van der Waals surface area contributed by atoms with Gasteiger partial charge in [0.25, 0.3) is 0 Å². The highest BCUT2D eigenvalue weighted by atomic mass is 19.1. The molecule has 3 aromatic carbocycles. The van der Waals surface area contributed by atoms with Gasteiger partial charge in [0.2, 0.25) is 0 Å². The Morgan fingerprint density at radius 1 is 0.731 bits per heavy atom. The van der Waals surface area contributed by atoms with Gasteiger partial charge in [-0.05, 0) is 59.7 Å². The molecule has 0 atom stereocenters. The molecule has 0 aliphatic heterocycles. The predicted molar refractivity (Wildman–Crippen MR) is 100.0 cm³/mol. The Kier molecular flexibility index (Phi) is 3.88. The number of fused-ring (bicyclic) bond motifs is 1. The fourth-order valence-electron chi connectivity index (χ4n) is 3.32. The van der Waals surface area contributed by atoms with Gasteiger partial charge in [0.1, 0.15) is 11.6 Å². The molecule has 26 heavy (non-hydrogen) atoms. The van der Waals surface area contributed by atoms with E-state index < -0.39 is 0 Å². The van der Waals surface area contributed by atoms with Crippen molar-refractivity contribution in [3.05, 3.63) is 94.7 Å². The molecule has 128 valence electrons. The van der Waals surface area contributed by atoms with Crippen LogP contribution in [0, 0.1) is 11.6 Å². The molecular formula is C22H15F2NO. The van der Waals surface area contributed by atoms with Crippen molar-refractivity contribution in [1.82, 2.24) is 4.57 Å². The lowest BCUT2D eigenvalue weighted by Crippen LogP contribution is -2.14. The highest BCUT2D eigenvalue weighted by Gasteiger charge is 2.18. The fourth-order valence-corrected chi connectivity index (χ4v) is 3.32. The van der Waals surface area contributed by atoms with Crippen LogP contribution in [0.25, 0.3) is 33.3 Å². The zero-order valence-corrected chi connectivity index (χ0v) is 14.0. The van der Waals surface area contributed by atoms with Crippen LogP contribution < -0.4 is 5.43 Å². The molecule has 0 N–H and O–H groups in total. The van der Waals surface area contributed by atoms with E-state index in [0.29, 0.717) is 22.2 Å². The first-order chi connectivity index (χ1) is 12.6. The average molecular weight is 347 g/mol. The number of aromatic nitrogens is 1. The molecule has 1 aromatic heterocycles. The Balaban J connectivity index is 2.15. The van der Waals surface area contributed by atoms with Gasteiger partial charge in [-0.2, -0.15) is 0 Å². The molecular weight excluding hydrogens is 332 g/mol. The molecule has 0 unspecified atom stereocenters. The number of benzene rings is 3. The van der Waals surface area contributed by atoms with Crippen LogP contribution in [0.1, 0.15) is 0 Å². The molecule has 0 aliphatic carbocycles. The van der Waals surface area contributed by atoms with Gasteiger partial charge in [-0.3, -0.25) is 4.79 Å². The van der Waals surface area contributed by atoms with Crippen molar-refractivity contribution < 1.29 is 8.78 Å². The number of rotatable bonds is 2. The van der Waals surface area contributed by atoms with Crippen molar-refractivity contribution in [2.24, 2.45) is 7.05 Å². The number of nitrogens with zero attached hydrogens (tertiary/aromatic N) is 1. The van der Waals surface area contributed by atoms with E-state index in [2.05, 4.69) is 0 Å². The Morgan fingerprint density at radius 2 is 1.27 bits per heavy atom. The summed E-state index contributed by atoms with van der Waals surface area (Å²) in [7, 11) is 1.87. The van der Waals surface area contributed by atoms with E-state index in [4.69, 9.17) is 0 Å². The monoisotopic (exact) mass is 347 g/mol. The summed E-state index contributed by atoms with van der Waals surface area (Å²) in [6, 6.07) is 19.2. The summed E-state index contributed by atoms with van der Waals surface area (Å²) in [6.07, 6.45) is 0. The SMILES string of the molecule is Cn1c(-c2ccc(F)cc2)c(-c2ccc(F)cc2)c(=O)c2ccccc21. The van der Waals surface area contributed by atoms with E-state index in [-0.39, 0.29) is 17.1 Å². The quantitative estimate of drug-likeness (QED) is 0.491. The van der Waals surface area contributed by atoms with Crippen molar-refractivity contribution in [3.63, 3.8) is 0 Å². The van der Waals surface area contributed by atoms with Crippen LogP contribution in [-0.2, 0) is 7.05 Å². The third-order valence-electron chi connectivity index (χ3n) is 4.56. The second-order valence-electron chi connectivity index (χ2n) is 6.14. The Morgan fingerprint density at radius 3 is 1.88 bits per heavy atom. The summed E-state index contributed by atoms with van der Waals surface area (Å²) in [4.78, 5) is 13.2. The van der Waals surface area contributed by atoms with E-state index in [1.54, 1.807) is 30.3 Å². The van der Waals surface area contributed by atoms with Crippen LogP contribution in [-0.4, -0.2) is 4.57 Å². The van der Waals surface area contributed by atoms with Gasteiger partial charge >= 0.3 is 0 Å². The van der Waals surface area contributed by atoms with Crippen LogP contribution in [0.2, 0.25) is 0 Å². The van der Waals surface area contributed by atoms with Crippen LogP contribution in [0.4, 0.5) is 8.78 Å². The first-order valence-electron chi connectivity index (χ1n) is 8.20. The van der Waals surface area contributed by atoms with E-state index in [1.165, 1.54) is 24.3 Å². The van der Waals surface area contributed by atoms with Crippen molar-refractivity contribution >= 4 is 10.9 Å². The largest absolute Gasteiger partial charge is 0.343 e. The third-order valence-corrected chi connectivity index (χ3v) is 4.56. The molecule has 1 heterocycles. The van der Waals surface area contributed by atoms with Gasteiger partial charge < -0.3 is 4.57 Å².